The standard InChI is InChI=1S/C12H17NO2S2/c1-15-12(4-6-16-9-12)8-13-11(14)7-10-3-2-5-17-10/h2-3,5H,4,6-9H2,1H3,(H,13,14). The van der Waals surface area contributed by atoms with Gasteiger partial charge in [-0.15, -0.1) is 11.3 Å². The van der Waals surface area contributed by atoms with Gasteiger partial charge < -0.3 is 10.1 Å². The van der Waals surface area contributed by atoms with E-state index in [4.69, 9.17) is 4.74 Å². The molecule has 1 aromatic rings. The number of nitrogens with one attached hydrogen (secondary N) is 1. The molecule has 2 heterocycles. The molecule has 1 aliphatic heterocycles. The monoisotopic (exact) mass is 271 g/mol. The minimum atomic E-state index is -0.143. The molecular formula is C12H17NO2S2. The van der Waals surface area contributed by atoms with Crippen LogP contribution in [0.4, 0.5) is 0 Å². The first kappa shape index (κ1) is 12.9. The summed E-state index contributed by atoms with van der Waals surface area (Å²) in [5.41, 5.74) is -0.143. The largest absolute Gasteiger partial charge is 0.376 e. The van der Waals surface area contributed by atoms with Crippen LogP contribution in [0.1, 0.15) is 11.3 Å². The molecule has 5 heteroatoms. The summed E-state index contributed by atoms with van der Waals surface area (Å²) in [5.74, 6) is 2.18. The minimum absolute atomic E-state index is 0.0841. The Kier molecular flexibility index (Phi) is 4.48. The van der Waals surface area contributed by atoms with Gasteiger partial charge in [0.15, 0.2) is 0 Å². The summed E-state index contributed by atoms with van der Waals surface area (Å²) in [5, 5.41) is 4.98. The van der Waals surface area contributed by atoms with Gasteiger partial charge in [0, 0.05) is 24.3 Å². The van der Waals surface area contributed by atoms with Gasteiger partial charge in [-0.2, -0.15) is 11.8 Å². The first-order chi connectivity index (χ1) is 8.24. The Hall–Kier alpha value is -0.520. The summed E-state index contributed by atoms with van der Waals surface area (Å²) < 4.78 is 5.55. The van der Waals surface area contributed by atoms with E-state index in [0.717, 1.165) is 22.8 Å². The maximum atomic E-state index is 11.8. The maximum absolute atomic E-state index is 11.8. The molecular weight excluding hydrogens is 254 g/mol. The summed E-state index contributed by atoms with van der Waals surface area (Å²) in [6, 6.07) is 3.96. The van der Waals surface area contributed by atoms with Gasteiger partial charge in [0.25, 0.3) is 0 Å². The molecule has 0 saturated carbocycles. The lowest BCUT2D eigenvalue weighted by molar-refractivity contribution is -0.121. The zero-order valence-electron chi connectivity index (χ0n) is 9.90. The van der Waals surface area contributed by atoms with Crippen molar-refractivity contribution in [3.05, 3.63) is 22.4 Å². The van der Waals surface area contributed by atoms with Crippen molar-refractivity contribution in [2.45, 2.75) is 18.4 Å². The van der Waals surface area contributed by atoms with Gasteiger partial charge in [0.2, 0.25) is 5.91 Å². The number of rotatable bonds is 5. The molecule has 1 unspecified atom stereocenters. The number of carbonyl (C=O) groups excluding carboxylic acids is 1. The Bertz CT molecular complexity index is 359. The summed E-state index contributed by atoms with van der Waals surface area (Å²) in [6.45, 7) is 0.626. The van der Waals surface area contributed by atoms with E-state index in [2.05, 4.69) is 5.32 Å². The van der Waals surface area contributed by atoms with Crippen LogP contribution in [0, 0.1) is 0 Å². The highest BCUT2D eigenvalue weighted by molar-refractivity contribution is 7.99. The molecule has 1 aliphatic rings. The number of carbonyl (C=O) groups is 1. The topological polar surface area (TPSA) is 38.3 Å². The van der Waals surface area contributed by atoms with E-state index in [0.29, 0.717) is 13.0 Å². The second-order valence-corrected chi connectivity index (χ2v) is 6.36. The van der Waals surface area contributed by atoms with Gasteiger partial charge in [-0.25, -0.2) is 0 Å². The molecule has 1 saturated heterocycles. The fraction of sp³-hybridized carbons (Fsp3) is 0.583. The Balaban J connectivity index is 1.79. The van der Waals surface area contributed by atoms with Crippen LogP contribution in [0.5, 0.6) is 0 Å². The van der Waals surface area contributed by atoms with Gasteiger partial charge in [-0.1, -0.05) is 6.07 Å². The quantitative estimate of drug-likeness (QED) is 0.889. The van der Waals surface area contributed by atoms with Crippen LogP contribution in [-0.2, 0) is 16.0 Å². The lowest BCUT2D eigenvalue weighted by atomic mass is 10.0. The SMILES string of the molecule is COC1(CNC(=O)Cc2cccs2)CCSC1. The molecule has 1 atom stereocenters. The highest BCUT2D eigenvalue weighted by atomic mass is 32.2. The molecule has 17 heavy (non-hydrogen) atoms. The average Bonchev–Trinajstić information content (AvgIpc) is 2.98. The van der Waals surface area contributed by atoms with Crippen LogP contribution in [0.25, 0.3) is 0 Å². The van der Waals surface area contributed by atoms with E-state index in [9.17, 15) is 4.79 Å². The smallest absolute Gasteiger partial charge is 0.225 e. The Morgan fingerprint density at radius 2 is 2.53 bits per heavy atom. The van der Waals surface area contributed by atoms with Gasteiger partial charge >= 0.3 is 0 Å². The van der Waals surface area contributed by atoms with Crippen LogP contribution in [0.3, 0.4) is 0 Å². The molecule has 2 rings (SSSR count). The Morgan fingerprint density at radius 3 is 3.12 bits per heavy atom. The number of thioether (sulfide) groups is 1. The number of ether oxygens (including phenoxy) is 1. The lowest BCUT2D eigenvalue weighted by Gasteiger charge is -2.26. The van der Waals surface area contributed by atoms with Crippen LogP contribution < -0.4 is 5.32 Å². The van der Waals surface area contributed by atoms with Gasteiger partial charge in [0.05, 0.1) is 12.0 Å². The van der Waals surface area contributed by atoms with Crippen molar-refractivity contribution < 1.29 is 9.53 Å². The van der Waals surface area contributed by atoms with E-state index in [-0.39, 0.29) is 11.5 Å². The number of hydrogen-bond donors (Lipinski definition) is 1. The van der Waals surface area contributed by atoms with Crippen molar-refractivity contribution in [3.63, 3.8) is 0 Å². The molecule has 0 spiro atoms. The van der Waals surface area contributed by atoms with Crippen molar-refractivity contribution in [3.8, 4) is 0 Å². The average molecular weight is 271 g/mol. The van der Waals surface area contributed by atoms with Gasteiger partial charge in [-0.05, 0) is 23.6 Å². The van der Waals surface area contributed by atoms with Crippen LogP contribution in [0.2, 0.25) is 0 Å². The molecule has 1 fully saturated rings. The molecule has 1 aromatic heterocycles. The van der Waals surface area contributed by atoms with E-state index < -0.39 is 0 Å². The van der Waals surface area contributed by atoms with E-state index in [1.54, 1.807) is 18.4 Å². The molecule has 0 aromatic carbocycles. The zero-order chi connectivity index (χ0) is 12.1. The van der Waals surface area contributed by atoms with E-state index in [1.807, 2.05) is 29.3 Å². The second-order valence-electron chi connectivity index (χ2n) is 4.22. The van der Waals surface area contributed by atoms with Crippen LogP contribution >= 0.6 is 23.1 Å². The van der Waals surface area contributed by atoms with E-state index >= 15 is 0 Å². The molecule has 94 valence electrons. The molecule has 0 bridgehead atoms. The van der Waals surface area contributed by atoms with Crippen LogP contribution in [0.15, 0.2) is 17.5 Å². The molecule has 1 amide bonds. The normalized spacial score (nSPS) is 23.8. The van der Waals surface area contributed by atoms with E-state index in [1.165, 1.54) is 0 Å². The Morgan fingerprint density at radius 1 is 1.65 bits per heavy atom. The summed E-state index contributed by atoms with van der Waals surface area (Å²) in [6.07, 6.45) is 1.50. The highest BCUT2D eigenvalue weighted by Crippen LogP contribution is 2.30. The third-order valence-corrected chi connectivity index (χ3v) is 5.12. The third kappa shape index (κ3) is 3.47. The van der Waals surface area contributed by atoms with Gasteiger partial charge in [0.1, 0.15) is 0 Å². The minimum Gasteiger partial charge on any atom is -0.376 e. The summed E-state index contributed by atoms with van der Waals surface area (Å²) >= 11 is 3.51. The summed E-state index contributed by atoms with van der Waals surface area (Å²) in [7, 11) is 1.73. The fourth-order valence-electron chi connectivity index (χ4n) is 1.85. The predicted octanol–water partition coefficient (Wildman–Crippen LogP) is 1.93. The second kappa shape index (κ2) is 5.89. The van der Waals surface area contributed by atoms with Crippen molar-refractivity contribution in [1.29, 1.82) is 0 Å². The number of amides is 1. The fourth-order valence-corrected chi connectivity index (χ4v) is 3.96. The van der Waals surface area contributed by atoms with Crippen molar-refractivity contribution in [2.75, 3.05) is 25.2 Å². The highest BCUT2D eigenvalue weighted by Gasteiger charge is 2.34. The van der Waals surface area contributed by atoms with Crippen molar-refractivity contribution in [2.24, 2.45) is 0 Å². The maximum Gasteiger partial charge on any atom is 0.225 e. The first-order valence-electron chi connectivity index (χ1n) is 5.66. The van der Waals surface area contributed by atoms with Crippen molar-refractivity contribution >= 4 is 29.0 Å². The third-order valence-electron chi connectivity index (χ3n) is 3.02. The summed E-state index contributed by atoms with van der Waals surface area (Å²) in [4.78, 5) is 12.9. The first-order valence-corrected chi connectivity index (χ1v) is 7.69. The molecule has 0 aliphatic carbocycles. The molecule has 3 nitrogen and oxygen atoms in total. The predicted molar refractivity (Wildman–Crippen MR) is 72.7 cm³/mol. The van der Waals surface area contributed by atoms with Gasteiger partial charge in [-0.3, -0.25) is 4.79 Å². The lowest BCUT2D eigenvalue weighted by Crippen LogP contribution is -2.44. The van der Waals surface area contributed by atoms with Crippen LogP contribution in [-0.4, -0.2) is 36.7 Å². The zero-order valence-corrected chi connectivity index (χ0v) is 11.5. The number of thiophene rings is 1. The number of methoxy groups -OCH3 is 1. The molecule has 1 N–H and O–H groups in total. The molecule has 0 radical (unpaired) electrons. The van der Waals surface area contributed by atoms with Crippen molar-refractivity contribution in [1.82, 2.24) is 5.32 Å². The number of hydrogen-bond acceptors (Lipinski definition) is 4. The Labute approximate surface area is 110 Å².